The summed E-state index contributed by atoms with van der Waals surface area (Å²) in [7, 11) is -10.1. The predicted molar refractivity (Wildman–Crippen MR) is 82.9 cm³/mol. The Balaban J connectivity index is -0.000000441. The maximum Gasteiger partial charge on any atom is 1.00 e. The van der Waals surface area contributed by atoms with Gasteiger partial charge in [0.05, 0.1) is 0 Å². The van der Waals surface area contributed by atoms with Gasteiger partial charge < -0.3 is 28.7 Å². The molecule has 0 aromatic carbocycles. The van der Waals surface area contributed by atoms with Crippen LogP contribution in [0.25, 0.3) is 0 Å². The van der Waals surface area contributed by atoms with Gasteiger partial charge in [-0.2, -0.15) is 0 Å². The number of hydrogen-bond donors (Lipinski definition) is 0. The SMILES string of the molecule is O=C(CCCCCCCCCCCCC(=O)P(=O)([O-])[O-])P(=O)([O-])[O-].[H+].[H+].[Na+].[Na+]. The van der Waals surface area contributed by atoms with E-state index in [0.29, 0.717) is 25.7 Å². The van der Waals surface area contributed by atoms with E-state index in [1.807, 2.05) is 0 Å². The molecule has 0 heterocycles. The Morgan fingerprint density at radius 3 is 0.923 bits per heavy atom. The third kappa shape index (κ3) is 19.0. The van der Waals surface area contributed by atoms with E-state index in [2.05, 4.69) is 0 Å². The molecule has 0 aliphatic carbocycles. The molecule has 0 atom stereocenters. The second-order valence-electron chi connectivity index (χ2n) is 5.82. The fourth-order valence-electron chi connectivity index (χ4n) is 2.24. The minimum Gasteiger partial charge on any atom is -0.805 e. The van der Waals surface area contributed by atoms with Gasteiger partial charge >= 0.3 is 62.0 Å². The van der Waals surface area contributed by atoms with Crippen molar-refractivity contribution in [2.24, 2.45) is 0 Å². The fourth-order valence-corrected chi connectivity index (χ4v) is 3.10. The van der Waals surface area contributed by atoms with Gasteiger partial charge in [0.25, 0.3) is 0 Å². The third-order valence-corrected chi connectivity index (χ3v) is 5.31. The van der Waals surface area contributed by atoms with Gasteiger partial charge in [-0.25, -0.2) is 0 Å². The van der Waals surface area contributed by atoms with Crippen molar-refractivity contribution in [3.63, 3.8) is 0 Å². The van der Waals surface area contributed by atoms with Crippen LogP contribution in [0.1, 0.15) is 79.9 Å². The Morgan fingerprint density at radius 2 is 0.731 bits per heavy atom. The first-order valence-electron chi connectivity index (χ1n) is 8.16. The monoisotopic (exact) mass is 430 g/mol. The summed E-state index contributed by atoms with van der Waals surface area (Å²) in [5, 5.41) is 0. The van der Waals surface area contributed by atoms with Crippen LogP contribution in [0.2, 0.25) is 0 Å². The smallest absolute Gasteiger partial charge is 0.805 e. The van der Waals surface area contributed by atoms with E-state index >= 15 is 0 Å². The molecule has 0 aromatic heterocycles. The normalized spacial score (nSPS) is 11.4. The first-order chi connectivity index (χ1) is 11.0. The van der Waals surface area contributed by atoms with Crippen molar-refractivity contribution in [1.29, 1.82) is 0 Å². The topological polar surface area (TPSA) is 161 Å². The van der Waals surface area contributed by atoms with Crippen molar-refractivity contribution in [3.8, 4) is 0 Å². The second kappa shape index (κ2) is 17.5. The Bertz CT molecular complexity index is 456. The van der Waals surface area contributed by atoms with Crippen LogP contribution in [0.5, 0.6) is 0 Å². The van der Waals surface area contributed by atoms with E-state index in [9.17, 15) is 38.3 Å². The summed E-state index contributed by atoms with van der Waals surface area (Å²) in [6.07, 6.45) is 7.44. The van der Waals surface area contributed by atoms with Crippen LogP contribution in [0, 0.1) is 0 Å². The first-order valence-corrected chi connectivity index (χ1v) is 11.2. The summed E-state index contributed by atoms with van der Waals surface area (Å²) in [6, 6.07) is 0. The molecule has 142 valence electrons. The van der Waals surface area contributed by atoms with Gasteiger partial charge in [0.1, 0.15) is 0 Å². The quantitative estimate of drug-likeness (QED) is 0.142. The van der Waals surface area contributed by atoms with Crippen molar-refractivity contribution < 1.29 is 100 Å². The molecule has 26 heavy (non-hydrogen) atoms. The molecule has 0 aliphatic heterocycles. The first kappa shape index (κ1) is 32.3. The Labute approximate surface area is 202 Å². The van der Waals surface area contributed by atoms with Gasteiger partial charge in [0.15, 0.2) is 11.0 Å². The number of carbonyl (C=O) groups is 2. The molecule has 12 heteroatoms. The molecule has 0 radical (unpaired) electrons. The van der Waals surface area contributed by atoms with Crippen molar-refractivity contribution in [2.75, 3.05) is 0 Å². The molecule has 0 saturated heterocycles. The number of rotatable bonds is 15. The van der Waals surface area contributed by atoms with Crippen molar-refractivity contribution >= 4 is 26.2 Å². The number of carbonyl (C=O) groups excluding carboxylic acids is 2. The fraction of sp³-hybridized carbons (Fsp3) is 0.857. The Hall–Kier alpha value is 1.64. The molecule has 8 nitrogen and oxygen atoms in total. The standard InChI is InChI=1S/C14H28O8P2.2Na/c15-13(23(17,18)19)11-9-7-5-3-1-2-4-6-8-10-12-14(16)24(20,21)22;;/h1-12H2,(H2,17,18,19)(H2,20,21,22);;/q;2*+1/p-2. The van der Waals surface area contributed by atoms with Crippen LogP contribution in [0.4, 0.5) is 0 Å². The largest absolute Gasteiger partial charge is 1.00 e. The van der Waals surface area contributed by atoms with Crippen LogP contribution >= 0.6 is 15.2 Å². The molecular weight excluding hydrogens is 404 g/mol. The van der Waals surface area contributed by atoms with Crippen LogP contribution < -0.4 is 78.7 Å². The summed E-state index contributed by atoms with van der Waals surface area (Å²) in [4.78, 5) is 63.3. The number of hydrogen-bond acceptors (Lipinski definition) is 8. The average Bonchev–Trinajstić information content (AvgIpc) is 2.45. The zero-order valence-electron chi connectivity index (χ0n) is 17.6. The maximum atomic E-state index is 10.9. The summed E-state index contributed by atoms with van der Waals surface area (Å²) in [5.41, 5.74) is -2.43. The van der Waals surface area contributed by atoms with Gasteiger partial charge in [-0.1, -0.05) is 51.4 Å². The van der Waals surface area contributed by atoms with Crippen LogP contribution in [-0.4, -0.2) is 11.0 Å². The van der Waals surface area contributed by atoms with E-state index in [1.165, 1.54) is 0 Å². The average molecular weight is 430 g/mol. The number of unbranched alkanes of at least 4 members (excludes halogenated alkanes) is 9. The molecule has 0 aliphatic rings. The molecule has 0 spiro atoms. The molecule has 0 aromatic rings. The Morgan fingerprint density at radius 1 is 0.538 bits per heavy atom. The van der Waals surface area contributed by atoms with Gasteiger partial charge in [-0.15, -0.1) is 0 Å². The van der Waals surface area contributed by atoms with Crippen LogP contribution in [0.15, 0.2) is 0 Å². The maximum absolute atomic E-state index is 10.9. The predicted octanol–water partition coefficient (Wildman–Crippen LogP) is -5.22. The van der Waals surface area contributed by atoms with Crippen LogP contribution in [-0.2, 0) is 18.7 Å². The van der Waals surface area contributed by atoms with E-state index in [0.717, 1.165) is 38.5 Å². The molecule has 0 saturated carbocycles. The minimum absolute atomic E-state index is 0. The van der Waals surface area contributed by atoms with Crippen molar-refractivity contribution in [2.45, 2.75) is 77.0 Å². The van der Waals surface area contributed by atoms with E-state index in [4.69, 9.17) is 0 Å². The zero-order chi connectivity index (χ0) is 18.6. The minimum atomic E-state index is -5.06. The van der Waals surface area contributed by atoms with Crippen molar-refractivity contribution in [1.82, 2.24) is 0 Å². The third-order valence-electron chi connectivity index (χ3n) is 3.64. The van der Waals surface area contributed by atoms with Gasteiger partial charge in [-0.05, 0) is 12.8 Å². The van der Waals surface area contributed by atoms with E-state index in [-0.39, 0.29) is 74.8 Å². The van der Waals surface area contributed by atoms with E-state index in [1.54, 1.807) is 0 Å². The molecule has 0 unspecified atom stereocenters. The zero-order valence-corrected chi connectivity index (χ0v) is 21.4. The molecule has 0 fully saturated rings. The van der Waals surface area contributed by atoms with Crippen LogP contribution in [0.3, 0.4) is 0 Å². The van der Waals surface area contributed by atoms with E-state index < -0.39 is 26.2 Å². The molecule has 0 N–H and O–H groups in total. The molecular formula is C14H26Na2O8P2. The second-order valence-corrected chi connectivity index (χ2v) is 8.81. The van der Waals surface area contributed by atoms with Gasteiger partial charge in [-0.3, -0.25) is 9.59 Å². The summed E-state index contributed by atoms with van der Waals surface area (Å²) < 4.78 is 20.8. The molecule has 0 rings (SSSR count). The van der Waals surface area contributed by atoms with Gasteiger partial charge in [0, 0.05) is 28.0 Å². The summed E-state index contributed by atoms with van der Waals surface area (Å²) in [6.45, 7) is 0. The molecule has 0 bridgehead atoms. The van der Waals surface area contributed by atoms with Crippen molar-refractivity contribution in [3.05, 3.63) is 0 Å². The van der Waals surface area contributed by atoms with Gasteiger partial charge in [0.2, 0.25) is 0 Å². The summed E-state index contributed by atoms with van der Waals surface area (Å²) in [5.74, 6) is 0. The Kier molecular flexibility index (Phi) is 21.7. The molecule has 0 amide bonds. The summed E-state index contributed by atoms with van der Waals surface area (Å²) >= 11 is 0.